The SMILES string of the molecule is O=C(c1cncc(N2CCCCC2)c1)N1CCN(C(c2ccccc2)c2ccccc2)CC1. The number of piperidine rings is 1. The lowest BCUT2D eigenvalue weighted by Crippen LogP contribution is -2.49. The van der Waals surface area contributed by atoms with E-state index >= 15 is 0 Å². The minimum Gasteiger partial charge on any atom is -0.370 e. The van der Waals surface area contributed by atoms with Gasteiger partial charge in [0.25, 0.3) is 5.91 Å². The molecule has 2 aliphatic heterocycles. The molecule has 1 amide bonds. The first-order valence-corrected chi connectivity index (χ1v) is 12.1. The molecule has 0 spiro atoms. The molecule has 2 aliphatic rings. The summed E-state index contributed by atoms with van der Waals surface area (Å²) in [7, 11) is 0. The van der Waals surface area contributed by atoms with Gasteiger partial charge in [0.15, 0.2) is 0 Å². The number of nitrogens with zero attached hydrogens (tertiary/aromatic N) is 4. The van der Waals surface area contributed by atoms with Crippen LogP contribution in [0, 0.1) is 0 Å². The minimum absolute atomic E-state index is 0.0944. The lowest BCUT2D eigenvalue weighted by molar-refractivity contribution is 0.0597. The van der Waals surface area contributed by atoms with Crippen molar-refractivity contribution < 1.29 is 4.79 Å². The number of carbonyl (C=O) groups excluding carboxylic acids is 1. The van der Waals surface area contributed by atoms with Crippen LogP contribution in [0.1, 0.15) is 46.8 Å². The van der Waals surface area contributed by atoms with Crippen molar-refractivity contribution in [3.05, 3.63) is 95.8 Å². The van der Waals surface area contributed by atoms with Crippen LogP contribution in [0.3, 0.4) is 0 Å². The van der Waals surface area contributed by atoms with Crippen LogP contribution in [0.25, 0.3) is 0 Å². The van der Waals surface area contributed by atoms with Crippen molar-refractivity contribution in [3.8, 4) is 0 Å². The Labute approximate surface area is 196 Å². The largest absolute Gasteiger partial charge is 0.370 e. The van der Waals surface area contributed by atoms with Crippen LogP contribution < -0.4 is 4.90 Å². The number of benzene rings is 2. The predicted octanol–water partition coefficient (Wildman–Crippen LogP) is 4.62. The minimum atomic E-state index is 0.0944. The first-order chi connectivity index (χ1) is 16.3. The van der Waals surface area contributed by atoms with Gasteiger partial charge in [0.1, 0.15) is 0 Å². The molecular formula is C28H32N4O. The summed E-state index contributed by atoms with van der Waals surface area (Å²) in [6.07, 6.45) is 7.33. The van der Waals surface area contributed by atoms with Gasteiger partial charge in [0.05, 0.1) is 23.5 Å². The summed E-state index contributed by atoms with van der Waals surface area (Å²) >= 11 is 0. The highest BCUT2D eigenvalue weighted by molar-refractivity contribution is 5.94. The molecule has 0 bridgehead atoms. The molecule has 5 heteroatoms. The maximum Gasteiger partial charge on any atom is 0.255 e. The first kappa shape index (κ1) is 21.7. The Morgan fingerprint density at radius 1 is 0.727 bits per heavy atom. The number of amides is 1. The van der Waals surface area contributed by atoms with Crippen LogP contribution in [-0.2, 0) is 0 Å². The van der Waals surface area contributed by atoms with E-state index in [1.54, 1.807) is 6.20 Å². The molecule has 0 atom stereocenters. The van der Waals surface area contributed by atoms with Crippen LogP contribution in [0.5, 0.6) is 0 Å². The fraction of sp³-hybridized carbons (Fsp3) is 0.357. The molecule has 3 heterocycles. The number of pyridine rings is 1. The molecule has 5 rings (SSSR count). The molecular weight excluding hydrogens is 408 g/mol. The summed E-state index contributed by atoms with van der Waals surface area (Å²) in [5.74, 6) is 0.0944. The maximum atomic E-state index is 13.3. The van der Waals surface area contributed by atoms with E-state index in [4.69, 9.17) is 0 Å². The number of anilines is 1. The van der Waals surface area contributed by atoms with E-state index in [0.29, 0.717) is 5.56 Å². The van der Waals surface area contributed by atoms with Gasteiger partial charge in [-0.25, -0.2) is 0 Å². The molecule has 170 valence electrons. The van der Waals surface area contributed by atoms with Gasteiger partial charge in [-0.05, 0) is 36.5 Å². The number of hydrogen-bond donors (Lipinski definition) is 0. The molecule has 33 heavy (non-hydrogen) atoms. The molecule has 5 nitrogen and oxygen atoms in total. The van der Waals surface area contributed by atoms with Gasteiger partial charge in [-0.3, -0.25) is 14.7 Å². The number of piperazine rings is 1. The van der Waals surface area contributed by atoms with E-state index in [0.717, 1.165) is 45.0 Å². The fourth-order valence-corrected chi connectivity index (χ4v) is 5.12. The average Bonchev–Trinajstić information content (AvgIpc) is 2.91. The van der Waals surface area contributed by atoms with Crippen molar-refractivity contribution in [2.24, 2.45) is 0 Å². The molecule has 0 radical (unpaired) electrons. The van der Waals surface area contributed by atoms with Crippen LogP contribution >= 0.6 is 0 Å². The van der Waals surface area contributed by atoms with Crippen LogP contribution in [-0.4, -0.2) is 60.0 Å². The summed E-state index contributed by atoms with van der Waals surface area (Å²) in [5.41, 5.74) is 4.37. The number of aromatic nitrogens is 1. The first-order valence-electron chi connectivity index (χ1n) is 12.1. The van der Waals surface area contributed by atoms with Crippen molar-refractivity contribution in [1.82, 2.24) is 14.8 Å². The zero-order valence-electron chi connectivity index (χ0n) is 19.1. The Morgan fingerprint density at radius 2 is 1.33 bits per heavy atom. The van der Waals surface area contributed by atoms with Crippen molar-refractivity contribution in [2.75, 3.05) is 44.2 Å². The molecule has 0 aliphatic carbocycles. The van der Waals surface area contributed by atoms with Crippen LogP contribution in [0.2, 0.25) is 0 Å². The average molecular weight is 441 g/mol. The Kier molecular flexibility index (Phi) is 6.68. The molecule has 2 saturated heterocycles. The van der Waals surface area contributed by atoms with Gasteiger partial charge in [-0.2, -0.15) is 0 Å². The van der Waals surface area contributed by atoms with Crippen molar-refractivity contribution in [2.45, 2.75) is 25.3 Å². The van der Waals surface area contributed by atoms with Gasteiger partial charge in [-0.15, -0.1) is 0 Å². The fourth-order valence-electron chi connectivity index (χ4n) is 5.12. The topological polar surface area (TPSA) is 39.7 Å². The summed E-state index contributed by atoms with van der Waals surface area (Å²) in [6.45, 7) is 5.25. The van der Waals surface area contributed by atoms with E-state index in [9.17, 15) is 4.79 Å². The zero-order valence-corrected chi connectivity index (χ0v) is 19.1. The van der Waals surface area contributed by atoms with Gasteiger partial charge in [0, 0.05) is 45.5 Å². The molecule has 3 aromatic rings. The maximum absolute atomic E-state index is 13.3. The lowest BCUT2D eigenvalue weighted by atomic mass is 9.96. The smallest absolute Gasteiger partial charge is 0.255 e. The van der Waals surface area contributed by atoms with Gasteiger partial charge in [-0.1, -0.05) is 60.7 Å². The molecule has 2 aromatic carbocycles. The second-order valence-electron chi connectivity index (χ2n) is 9.03. The summed E-state index contributed by atoms with van der Waals surface area (Å²) < 4.78 is 0. The van der Waals surface area contributed by atoms with E-state index in [1.807, 2.05) is 17.2 Å². The highest BCUT2D eigenvalue weighted by Gasteiger charge is 2.29. The van der Waals surface area contributed by atoms with E-state index < -0.39 is 0 Å². The quantitative estimate of drug-likeness (QED) is 0.580. The third-order valence-electron chi connectivity index (χ3n) is 6.89. The normalized spacial score (nSPS) is 17.4. The van der Waals surface area contributed by atoms with E-state index in [2.05, 4.69) is 75.4 Å². The standard InChI is InChI=1S/C28H32N4O/c33-28(25-20-26(22-29-21-25)30-14-8-3-9-15-30)32-18-16-31(17-19-32)27(23-10-4-1-5-11-23)24-12-6-2-7-13-24/h1-2,4-7,10-13,20-22,27H,3,8-9,14-19H2. The summed E-state index contributed by atoms with van der Waals surface area (Å²) in [4.78, 5) is 24.5. The third-order valence-corrected chi connectivity index (χ3v) is 6.89. The molecule has 0 N–H and O–H groups in total. The van der Waals surface area contributed by atoms with Crippen molar-refractivity contribution in [3.63, 3.8) is 0 Å². The number of carbonyl (C=O) groups is 1. The Balaban J connectivity index is 1.29. The highest BCUT2D eigenvalue weighted by atomic mass is 16.2. The number of hydrogen-bond acceptors (Lipinski definition) is 4. The Hall–Kier alpha value is -3.18. The Bertz CT molecular complexity index is 1000. The number of rotatable bonds is 5. The Morgan fingerprint density at radius 3 is 1.94 bits per heavy atom. The van der Waals surface area contributed by atoms with Gasteiger partial charge >= 0.3 is 0 Å². The lowest BCUT2D eigenvalue weighted by Gasteiger charge is -2.40. The third kappa shape index (κ3) is 4.93. The zero-order chi connectivity index (χ0) is 22.5. The second kappa shape index (κ2) is 10.2. The van der Waals surface area contributed by atoms with Gasteiger partial charge in [0.2, 0.25) is 0 Å². The van der Waals surface area contributed by atoms with E-state index in [1.165, 1.54) is 30.4 Å². The summed E-state index contributed by atoms with van der Waals surface area (Å²) in [5, 5.41) is 0. The molecule has 1 aromatic heterocycles. The molecule has 2 fully saturated rings. The highest BCUT2D eigenvalue weighted by Crippen LogP contribution is 2.30. The molecule has 0 saturated carbocycles. The van der Waals surface area contributed by atoms with Crippen LogP contribution in [0.15, 0.2) is 79.1 Å². The summed E-state index contributed by atoms with van der Waals surface area (Å²) in [6, 6.07) is 23.6. The molecule has 0 unspecified atom stereocenters. The van der Waals surface area contributed by atoms with Crippen molar-refractivity contribution in [1.29, 1.82) is 0 Å². The van der Waals surface area contributed by atoms with E-state index in [-0.39, 0.29) is 11.9 Å². The van der Waals surface area contributed by atoms with Crippen molar-refractivity contribution >= 4 is 11.6 Å². The second-order valence-corrected chi connectivity index (χ2v) is 9.03. The predicted molar refractivity (Wildman–Crippen MR) is 133 cm³/mol. The van der Waals surface area contributed by atoms with Gasteiger partial charge < -0.3 is 9.80 Å². The van der Waals surface area contributed by atoms with Crippen LogP contribution in [0.4, 0.5) is 5.69 Å². The monoisotopic (exact) mass is 440 g/mol.